The fraction of sp³-hybridized carbons (Fsp3) is 0.478. The second kappa shape index (κ2) is 9.74. The molecule has 1 saturated heterocycles. The van der Waals surface area contributed by atoms with Crippen molar-refractivity contribution in [3.63, 3.8) is 0 Å². The summed E-state index contributed by atoms with van der Waals surface area (Å²) in [6.45, 7) is 9.28. The van der Waals surface area contributed by atoms with E-state index in [2.05, 4.69) is 21.6 Å². The molecule has 1 fully saturated rings. The first-order chi connectivity index (χ1) is 13.9. The van der Waals surface area contributed by atoms with E-state index in [0.29, 0.717) is 12.5 Å². The van der Waals surface area contributed by atoms with Gasteiger partial charge in [-0.3, -0.25) is 14.5 Å². The van der Waals surface area contributed by atoms with Gasteiger partial charge in [0.05, 0.1) is 6.04 Å². The van der Waals surface area contributed by atoms with Crippen LogP contribution in [-0.2, 0) is 16.1 Å². The summed E-state index contributed by atoms with van der Waals surface area (Å²) >= 11 is 0. The molecule has 2 heterocycles. The molecule has 2 N–H and O–H groups in total. The standard InChI is InChI=1S/C23H31N3O3/c1-16-13-21(18(3)29-16)15-26-11-9-19(10-12-26)14-24-22(27)23(28)25-17(2)20-7-5-4-6-8-20/h4-8,13,17,19H,9-12,14-15H2,1-3H3,(H,24,27)(H,25,28). The van der Waals surface area contributed by atoms with Gasteiger partial charge in [-0.05, 0) is 64.3 Å². The van der Waals surface area contributed by atoms with Crippen LogP contribution >= 0.6 is 0 Å². The molecular weight excluding hydrogens is 366 g/mol. The number of carbonyl (C=O) groups excluding carboxylic acids is 2. The average Bonchev–Trinajstić information content (AvgIpc) is 3.04. The summed E-state index contributed by atoms with van der Waals surface area (Å²) in [5, 5.41) is 5.56. The van der Waals surface area contributed by atoms with Crippen molar-refractivity contribution >= 4 is 11.8 Å². The maximum Gasteiger partial charge on any atom is 0.309 e. The zero-order valence-corrected chi connectivity index (χ0v) is 17.5. The van der Waals surface area contributed by atoms with Crippen LogP contribution in [0.5, 0.6) is 0 Å². The molecule has 2 aromatic rings. The number of hydrogen-bond donors (Lipinski definition) is 2. The molecule has 1 unspecified atom stereocenters. The Morgan fingerprint density at radius 1 is 1.14 bits per heavy atom. The van der Waals surface area contributed by atoms with Crippen LogP contribution in [0.2, 0.25) is 0 Å². The topological polar surface area (TPSA) is 74.6 Å². The van der Waals surface area contributed by atoms with E-state index < -0.39 is 11.8 Å². The maximum atomic E-state index is 12.2. The van der Waals surface area contributed by atoms with Gasteiger partial charge in [-0.1, -0.05) is 30.3 Å². The largest absolute Gasteiger partial charge is 0.466 e. The fourth-order valence-corrected chi connectivity index (χ4v) is 3.83. The first-order valence-electron chi connectivity index (χ1n) is 10.3. The Kier molecular flexibility index (Phi) is 7.09. The Hall–Kier alpha value is -2.60. The zero-order chi connectivity index (χ0) is 20.8. The van der Waals surface area contributed by atoms with Crippen LogP contribution in [0.3, 0.4) is 0 Å². The zero-order valence-electron chi connectivity index (χ0n) is 17.5. The molecule has 1 aliphatic rings. The summed E-state index contributed by atoms with van der Waals surface area (Å²) in [5.74, 6) is 1.22. The van der Waals surface area contributed by atoms with Gasteiger partial charge in [-0.15, -0.1) is 0 Å². The lowest BCUT2D eigenvalue weighted by molar-refractivity contribution is -0.139. The molecule has 1 aliphatic heterocycles. The molecule has 0 radical (unpaired) electrons. The van der Waals surface area contributed by atoms with Gasteiger partial charge in [0.2, 0.25) is 0 Å². The Bertz CT molecular complexity index is 823. The molecule has 1 atom stereocenters. The highest BCUT2D eigenvalue weighted by Crippen LogP contribution is 2.21. The van der Waals surface area contributed by atoms with Crippen LogP contribution < -0.4 is 10.6 Å². The summed E-state index contributed by atoms with van der Waals surface area (Å²) < 4.78 is 5.61. The number of benzene rings is 1. The van der Waals surface area contributed by atoms with Crippen molar-refractivity contribution in [1.82, 2.24) is 15.5 Å². The predicted molar refractivity (Wildman–Crippen MR) is 112 cm³/mol. The lowest BCUT2D eigenvalue weighted by Gasteiger charge is -2.31. The molecule has 156 valence electrons. The summed E-state index contributed by atoms with van der Waals surface area (Å²) in [7, 11) is 0. The second-order valence-corrected chi connectivity index (χ2v) is 7.97. The molecule has 6 heteroatoms. The number of nitrogens with one attached hydrogen (secondary N) is 2. The Morgan fingerprint density at radius 2 is 1.83 bits per heavy atom. The van der Waals surface area contributed by atoms with E-state index in [1.165, 1.54) is 5.56 Å². The minimum atomic E-state index is -0.579. The summed E-state index contributed by atoms with van der Waals surface area (Å²) in [6, 6.07) is 11.5. The van der Waals surface area contributed by atoms with Crippen molar-refractivity contribution in [2.24, 2.45) is 5.92 Å². The van der Waals surface area contributed by atoms with E-state index in [0.717, 1.165) is 49.6 Å². The number of rotatable bonds is 6. The van der Waals surface area contributed by atoms with Gasteiger partial charge in [-0.2, -0.15) is 0 Å². The Balaban J connectivity index is 1.37. The SMILES string of the molecule is Cc1cc(CN2CCC(CNC(=O)C(=O)NC(C)c3ccccc3)CC2)c(C)o1. The quantitative estimate of drug-likeness (QED) is 0.735. The number of likely N-dealkylation sites (tertiary alicyclic amines) is 1. The molecule has 6 nitrogen and oxygen atoms in total. The molecule has 0 saturated carbocycles. The molecule has 3 rings (SSSR count). The Morgan fingerprint density at radius 3 is 2.45 bits per heavy atom. The van der Waals surface area contributed by atoms with Crippen molar-refractivity contribution in [3.8, 4) is 0 Å². The van der Waals surface area contributed by atoms with Gasteiger partial charge < -0.3 is 15.1 Å². The molecule has 0 bridgehead atoms. The summed E-state index contributed by atoms with van der Waals surface area (Å²) in [6.07, 6.45) is 2.02. The Labute approximate surface area is 172 Å². The monoisotopic (exact) mass is 397 g/mol. The third-order valence-electron chi connectivity index (χ3n) is 5.65. The van der Waals surface area contributed by atoms with Crippen molar-refractivity contribution in [1.29, 1.82) is 0 Å². The number of amides is 2. The fourth-order valence-electron chi connectivity index (χ4n) is 3.83. The molecule has 2 amide bonds. The third kappa shape index (κ3) is 5.94. The molecule has 1 aromatic carbocycles. The van der Waals surface area contributed by atoms with Crippen molar-refractivity contribution in [3.05, 3.63) is 59.0 Å². The van der Waals surface area contributed by atoms with E-state index in [4.69, 9.17) is 4.42 Å². The highest BCUT2D eigenvalue weighted by atomic mass is 16.3. The van der Waals surface area contributed by atoms with Gasteiger partial charge in [0, 0.05) is 18.7 Å². The van der Waals surface area contributed by atoms with Crippen molar-refractivity contribution in [2.75, 3.05) is 19.6 Å². The van der Waals surface area contributed by atoms with Crippen LogP contribution in [0.4, 0.5) is 0 Å². The minimum absolute atomic E-state index is 0.201. The van der Waals surface area contributed by atoms with Crippen molar-refractivity contribution < 1.29 is 14.0 Å². The normalized spacial score (nSPS) is 16.4. The number of nitrogens with zero attached hydrogens (tertiary/aromatic N) is 1. The number of carbonyl (C=O) groups is 2. The van der Waals surface area contributed by atoms with Crippen LogP contribution in [-0.4, -0.2) is 36.3 Å². The van der Waals surface area contributed by atoms with Crippen LogP contribution in [0.15, 0.2) is 40.8 Å². The van der Waals surface area contributed by atoms with Gasteiger partial charge in [0.15, 0.2) is 0 Å². The second-order valence-electron chi connectivity index (χ2n) is 7.97. The van der Waals surface area contributed by atoms with E-state index in [1.807, 2.05) is 51.1 Å². The number of piperidine rings is 1. The molecule has 0 spiro atoms. The van der Waals surface area contributed by atoms with Gasteiger partial charge >= 0.3 is 11.8 Å². The average molecular weight is 398 g/mol. The smallest absolute Gasteiger partial charge is 0.309 e. The number of hydrogen-bond acceptors (Lipinski definition) is 4. The van der Waals surface area contributed by atoms with Crippen LogP contribution in [0, 0.1) is 19.8 Å². The third-order valence-corrected chi connectivity index (χ3v) is 5.65. The highest BCUT2D eigenvalue weighted by Gasteiger charge is 2.23. The first-order valence-corrected chi connectivity index (χ1v) is 10.3. The van der Waals surface area contributed by atoms with Gasteiger partial charge in [0.1, 0.15) is 11.5 Å². The molecule has 0 aliphatic carbocycles. The van der Waals surface area contributed by atoms with Gasteiger partial charge in [-0.25, -0.2) is 0 Å². The summed E-state index contributed by atoms with van der Waals surface area (Å²) in [4.78, 5) is 26.7. The molecular formula is C23H31N3O3. The number of furan rings is 1. The molecule has 1 aromatic heterocycles. The first kappa shape index (κ1) is 21.1. The van der Waals surface area contributed by atoms with Crippen molar-refractivity contribution in [2.45, 2.75) is 46.2 Å². The maximum absolute atomic E-state index is 12.2. The van der Waals surface area contributed by atoms with Crippen LogP contribution in [0.1, 0.15) is 48.5 Å². The van der Waals surface area contributed by atoms with E-state index in [1.54, 1.807) is 0 Å². The minimum Gasteiger partial charge on any atom is -0.466 e. The number of aryl methyl sites for hydroxylation is 2. The van der Waals surface area contributed by atoms with Gasteiger partial charge in [0.25, 0.3) is 0 Å². The van der Waals surface area contributed by atoms with E-state index >= 15 is 0 Å². The van der Waals surface area contributed by atoms with E-state index in [9.17, 15) is 9.59 Å². The lowest BCUT2D eigenvalue weighted by Crippen LogP contribution is -2.44. The summed E-state index contributed by atoms with van der Waals surface area (Å²) in [5.41, 5.74) is 2.22. The molecule has 29 heavy (non-hydrogen) atoms. The lowest BCUT2D eigenvalue weighted by atomic mass is 9.96. The highest BCUT2D eigenvalue weighted by molar-refractivity contribution is 6.35. The van der Waals surface area contributed by atoms with E-state index in [-0.39, 0.29) is 6.04 Å². The van der Waals surface area contributed by atoms with Crippen LogP contribution in [0.25, 0.3) is 0 Å². The predicted octanol–water partition coefficient (Wildman–Crippen LogP) is 3.10.